The lowest BCUT2D eigenvalue weighted by molar-refractivity contribution is -0.117. The van der Waals surface area contributed by atoms with Gasteiger partial charge in [0.25, 0.3) is 0 Å². The molecule has 3 rings (SSSR count). The fourth-order valence-corrected chi connectivity index (χ4v) is 3.30. The van der Waals surface area contributed by atoms with E-state index in [9.17, 15) is 9.59 Å². The second-order valence-corrected chi connectivity index (χ2v) is 7.93. The molecular weight excluding hydrogens is 308 g/mol. The Morgan fingerprint density at radius 3 is 2.58 bits per heavy atom. The van der Waals surface area contributed by atoms with Crippen molar-refractivity contribution in [2.24, 2.45) is 5.92 Å². The summed E-state index contributed by atoms with van der Waals surface area (Å²) in [5.41, 5.74) is 1.20. The van der Waals surface area contributed by atoms with E-state index in [0.717, 1.165) is 11.4 Å². The first-order valence-corrected chi connectivity index (χ1v) is 8.50. The summed E-state index contributed by atoms with van der Waals surface area (Å²) in [7, 11) is 0. The van der Waals surface area contributed by atoms with Crippen LogP contribution in [-0.2, 0) is 22.6 Å². The molecule has 1 unspecified atom stereocenters. The zero-order valence-electron chi connectivity index (χ0n) is 15.1. The van der Waals surface area contributed by atoms with Gasteiger partial charge in [0.15, 0.2) is 0 Å². The van der Waals surface area contributed by atoms with Gasteiger partial charge in [-0.2, -0.15) is 5.10 Å². The fourth-order valence-electron chi connectivity index (χ4n) is 3.30. The van der Waals surface area contributed by atoms with Gasteiger partial charge >= 0.3 is 6.09 Å². The number of rotatable bonds is 1. The van der Waals surface area contributed by atoms with Crippen LogP contribution < -0.4 is 4.90 Å². The van der Waals surface area contributed by atoms with Gasteiger partial charge in [0.05, 0.1) is 36.7 Å². The van der Waals surface area contributed by atoms with Crippen LogP contribution in [0.4, 0.5) is 10.5 Å². The number of hydrogen-bond acceptors (Lipinski definition) is 4. The summed E-state index contributed by atoms with van der Waals surface area (Å²) < 4.78 is 7.42. The molecule has 0 aliphatic carbocycles. The van der Waals surface area contributed by atoms with E-state index in [1.807, 2.05) is 32.4 Å². The number of amides is 2. The van der Waals surface area contributed by atoms with Crippen molar-refractivity contribution in [3.8, 4) is 0 Å². The van der Waals surface area contributed by atoms with Gasteiger partial charge in [-0.1, -0.05) is 6.92 Å². The summed E-state index contributed by atoms with van der Waals surface area (Å²) in [5, 5.41) is 4.42. The summed E-state index contributed by atoms with van der Waals surface area (Å²) in [6.07, 6.45) is 1.99. The van der Waals surface area contributed by atoms with E-state index < -0.39 is 5.60 Å². The molecule has 2 aliphatic rings. The molecule has 7 heteroatoms. The van der Waals surface area contributed by atoms with Gasteiger partial charge in [-0.15, -0.1) is 0 Å². The van der Waals surface area contributed by atoms with Crippen molar-refractivity contribution in [2.45, 2.75) is 65.8 Å². The van der Waals surface area contributed by atoms with E-state index in [4.69, 9.17) is 4.74 Å². The van der Waals surface area contributed by atoms with Crippen LogP contribution >= 0.6 is 0 Å². The first-order valence-electron chi connectivity index (χ1n) is 8.50. The van der Waals surface area contributed by atoms with Crippen molar-refractivity contribution >= 4 is 17.7 Å². The Balaban J connectivity index is 1.84. The molecule has 2 atom stereocenters. The zero-order chi connectivity index (χ0) is 17.6. The summed E-state index contributed by atoms with van der Waals surface area (Å²) >= 11 is 0. The second-order valence-electron chi connectivity index (χ2n) is 7.93. The van der Waals surface area contributed by atoms with E-state index in [1.54, 1.807) is 16.0 Å². The van der Waals surface area contributed by atoms with Gasteiger partial charge in [-0.05, 0) is 33.6 Å². The Labute approximate surface area is 142 Å². The predicted molar refractivity (Wildman–Crippen MR) is 89.6 cm³/mol. The maximum atomic E-state index is 12.5. The summed E-state index contributed by atoms with van der Waals surface area (Å²) in [5.74, 6) is 0.471. The van der Waals surface area contributed by atoms with Crippen molar-refractivity contribution in [3.05, 3.63) is 11.9 Å². The molecule has 0 bridgehead atoms. The molecule has 3 heterocycles. The third kappa shape index (κ3) is 3.12. The quantitative estimate of drug-likeness (QED) is 0.791. The number of nitrogens with zero attached hydrogens (tertiary/aromatic N) is 4. The Kier molecular flexibility index (Phi) is 4.05. The highest BCUT2D eigenvalue weighted by atomic mass is 16.6. The molecule has 0 spiro atoms. The van der Waals surface area contributed by atoms with Crippen LogP contribution in [0.25, 0.3) is 0 Å². The van der Waals surface area contributed by atoms with Gasteiger partial charge in [-0.3, -0.25) is 14.4 Å². The first-order chi connectivity index (χ1) is 11.2. The molecule has 1 aromatic rings. The molecule has 7 nitrogen and oxygen atoms in total. The molecule has 1 saturated heterocycles. The SMILES string of the molecule is CC1CC(=O)N(c2cnn3c2CN(C(=O)OC(C)(C)C)[C@@H](C)C3)C1. The van der Waals surface area contributed by atoms with Crippen LogP contribution in [0.3, 0.4) is 0 Å². The van der Waals surface area contributed by atoms with Crippen LogP contribution in [0, 0.1) is 5.92 Å². The monoisotopic (exact) mass is 334 g/mol. The Morgan fingerprint density at radius 2 is 2.00 bits per heavy atom. The average molecular weight is 334 g/mol. The molecular formula is C17H26N4O3. The maximum Gasteiger partial charge on any atom is 0.410 e. The molecule has 0 radical (unpaired) electrons. The van der Waals surface area contributed by atoms with E-state index >= 15 is 0 Å². The highest BCUT2D eigenvalue weighted by molar-refractivity contribution is 5.96. The van der Waals surface area contributed by atoms with Gasteiger partial charge in [0.2, 0.25) is 5.91 Å². The molecule has 1 aromatic heterocycles. The van der Waals surface area contributed by atoms with Crippen LogP contribution in [0.2, 0.25) is 0 Å². The van der Waals surface area contributed by atoms with Crippen molar-refractivity contribution in [2.75, 3.05) is 11.4 Å². The van der Waals surface area contributed by atoms with E-state index in [2.05, 4.69) is 12.0 Å². The van der Waals surface area contributed by atoms with Crippen LogP contribution in [0.15, 0.2) is 6.20 Å². The fraction of sp³-hybridized carbons (Fsp3) is 0.706. The third-order valence-electron chi connectivity index (χ3n) is 4.45. The summed E-state index contributed by atoms with van der Waals surface area (Å²) in [4.78, 5) is 28.2. The van der Waals surface area contributed by atoms with Crippen LogP contribution in [0.5, 0.6) is 0 Å². The maximum absolute atomic E-state index is 12.5. The topological polar surface area (TPSA) is 67.7 Å². The molecule has 2 amide bonds. The van der Waals surface area contributed by atoms with Gasteiger partial charge in [-0.25, -0.2) is 4.79 Å². The van der Waals surface area contributed by atoms with Crippen molar-refractivity contribution in [3.63, 3.8) is 0 Å². The summed E-state index contributed by atoms with van der Waals surface area (Å²) in [6, 6.07) is -0.00620. The van der Waals surface area contributed by atoms with E-state index in [1.165, 1.54) is 0 Å². The standard InChI is InChI=1S/C17H26N4O3/c1-11-6-15(22)20(8-11)13-7-18-21-9-12(2)19(10-14(13)21)16(23)24-17(3,4)5/h7,11-12H,6,8-10H2,1-5H3/t11?,12-/m0/s1. The minimum atomic E-state index is -0.530. The molecule has 2 aliphatic heterocycles. The summed E-state index contributed by atoms with van der Waals surface area (Å²) in [6.45, 7) is 11.4. The van der Waals surface area contributed by atoms with Gasteiger partial charge < -0.3 is 9.64 Å². The number of hydrogen-bond donors (Lipinski definition) is 0. The smallest absolute Gasteiger partial charge is 0.410 e. The van der Waals surface area contributed by atoms with Crippen molar-refractivity contribution < 1.29 is 14.3 Å². The largest absolute Gasteiger partial charge is 0.444 e. The molecule has 1 fully saturated rings. The van der Waals surface area contributed by atoms with E-state index in [-0.39, 0.29) is 18.0 Å². The lowest BCUT2D eigenvalue weighted by atomic mass is 10.1. The Morgan fingerprint density at radius 1 is 1.29 bits per heavy atom. The zero-order valence-corrected chi connectivity index (χ0v) is 15.1. The normalized spacial score (nSPS) is 24.3. The number of carbonyl (C=O) groups is 2. The van der Waals surface area contributed by atoms with E-state index in [0.29, 0.717) is 32.0 Å². The second kappa shape index (κ2) is 5.79. The van der Waals surface area contributed by atoms with Gasteiger partial charge in [0, 0.05) is 13.0 Å². The lowest BCUT2D eigenvalue weighted by Crippen LogP contribution is -2.47. The lowest BCUT2D eigenvalue weighted by Gasteiger charge is -2.36. The highest BCUT2D eigenvalue weighted by Crippen LogP contribution is 2.31. The predicted octanol–water partition coefficient (Wildman–Crippen LogP) is 2.40. The molecule has 132 valence electrons. The van der Waals surface area contributed by atoms with Crippen LogP contribution in [0.1, 0.15) is 46.7 Å². The number of ether oxygens (including phenoxy) is 1. The molecule has 0 N–H and O–H groups in total. The molecule has 0 saturated carbocycles. The number of anilines is 1. The molecule has 24 heavy (non-hydrogen) atoms. The molecule has 0 aromatic carbocycles. The van der Waals surface area contributed by atoms with Crippen molar-refractivity contribution in [1.29, 1.82) is 0 Å². The number of fused-ring (bicyclic) bond motifs is 1. The van der Waals surface area contributed by atoms with Crippen LogP contribution in [-0.4, -0.2) is 44.9 Å². The minimum absolute atomic E-state index is 0.00620. The van der Waals surface area contributed by atoms with Crippen molar-refractivity contribution in [1.82, 2.24) is 14.7 Å². The third-order valence-corrected chi connectivity index (χ3v) is 4.45. The number of carbonyl (C=O) groups excluding carboxylic acids is 2. The Hall–Kier alpha value is -2.05. The number of aromatic nitrogens is 2. The highest BCUT2D eigenvalue weighted by Gasteiger charge is 2.36. The Bertz CT molecular complexity index is 661. The van der Waals surface area contributed by atoms with Gasteiger partial charge in [0.1, 0.15) is 5.60 Å². The average Bonchev–Trinajstić information content (AvgIpc) is 2.98. The minimum Gasteiger partial charge on any atom is -0.444 e. The first kappa shape index (κ1) is 16.8.